The van der Waals surface area contributed by atoms with Crippen LogP contribution >= 0.6 is 24.0 Å². The maximum atomic E-state index is 13.0. The number of hydrogen-bond donors (Lipinski definition) is 0. The maximum Gasteiger partial charge on any atom is 0.261 e. The summed E-state index contributed by atoms with van der Waals surface area (Å²) in [6.07, 6.45) is 0.978. The van der Waals surface area contributed by atoms with E-state index in [1.807, 2.05) is 23.1 Å². The summed E-state index contributed by atoms with van der Waals surface area (Å²) in [5, 5.41) is 0.762. The second-order valence-corrected chi connectivity index (χ2v) is 6.98. The van der Waals surface area contributed by atoms with E-state index in [9.17, 15) is 4.79 Å². The number of carbonyl (C=O) groups is 1. The number of piperazine rings is 1. The van der Waals surface area contributed by atoms with Gasteiger partial charge in [-0.05, 0) is 36.2 Å². The SMILES string of the molecule is COc1cccc(OC)c1C(=O)N1CCN(CCc2ccc(Cl)cc2)CC1.Cl. The van der Waals surface area contributed by atoms with Gasteiger partial charge in [0.15, 0.2) is 0 Å². The van der Waals surface area contributed by atoms with Crippen LogP contribution in [0.25, 0.3) is 0 Å². The molecule has 28 heavy (non-hydrogen) atoms. The van der Waals surface area contributed by atoms with Gasteiger partial charge in [0.1, 0.15) is 17.1 Å². The molecule has 1 heterocycles. The average Bonchev–Trinajstić information content (AvgIpc) is 2.72. The number of amides is 1. The molecule has 0 atom stereocenters. The number of hydrogen-bond acceptors (Lipinski definition) is 4. The molecule has 1 amide bonds. The molecule has 0 aromatic heterocycles. The standard InChI is InChI=1S/C21H25ClN2O3.ClH/c1-26-18-4-3-5-19(27-2)20(18)21(25)24-14-12-23(13-15-24)11-10-16-6-8-17(22)9-7-16;/h3-9H,10-15H2,1-2H3;1H. The molecule has 0 aliphatic carbocycles. The van der Waals surface area contributed by atoms with Crippen LogP contribution in [0.3, 0.4) is 0 Å². The molecular formula is C21H26Cl2N2O3. The lowest BCUT2D eigenvalue weighted by Gasteiger charge is -2.35. The van der Waals surface area contributed by atoms with Crippen LogP contribution in [0.5, 0.6) is 11.5 Å². The van der Waals surface area contributed by atoms with Crippen LogP contribution in [-0.4, -0.2) is 62.7 Å². The normalized spacial score (nSPS) is 14.3. The zero-order chi connectivity index (χ0) is 19.2. The summed E-state index contributed by atoms with van der Waals surface area (Å²) in [7, 11) is 3.14. The first-order valence-electron chi connectivity index (χ1n) is 9.09. The molecule has 1 aliphatic heterocycles. The highest BCUT2D eigenvalue weighted by Gasteiger charge is 2.26. The third kappa shape index (κ3) is 5.31. The number of ether oxygens (including phenoxy) is 2. The Kier molecular flexibility index (Phi) is 8.42. The highest BCUT2D eigenvalue weighted by atomic mass is 35.5. The van der Waals surface area contributed by atoms with E-state index in [4.69, 9.17) is 21.1 Å². The number of carbonyl (C=O) groups excluding carboxylic acids is 1. The molecule has 152 valence electrons. The van der Waals surface area contributed by atoms with Gasteiger partial charge in [-0.3, -0.25) is 9.69 Å². The summed E-state index contributed by atoms with van der Waals surface area (Å²) in [4.78, 5) is 17.3. The zero-order valence-corrected chi connectivity index (χ0v) is 17.8. The van der Waals surface area contributed by atoms with Crippen LogP contribution < -0.4 is 9.47 Å². The largest absolute Gasteiger partial charge is 0.496 e. The number of benzene rings is 2. The van der Waals surface area contributed by atoms with Crippen molar-refractivity contribution in [3.05, 3.63) is 58.6 Å². The third-order valence-corrected chi connectivity index (χ3v) is 5.18. The van der Waals surface area contributed by atoms with E-state index >= 15 is 0 Å². The van der Waals surface area contributed by atoms with Crippen molar-refractivity contribution in [2.45, 2.75) is 6.42 Å². The minimum absolute atomic E-state index is 0. The van der Waals surface area contributed by atoms with Crippen LogP contribution in [0, 0.1) is 0 Å². The first-order valence-corrected chi connectivity index (χ1v) is 9.47. The van der Waals surface area contributed by atoms with Crippen molar-refractivity contribution in [1.29, 1.82) is 0 Å². The van der Waals surface area contributed by atoms with Gasteiger partial charge in [-0.2, -0.15) is 0 Å². The molecule has 0 saturated carbocycles. The van der Waals surface area contributed by atoms with Crippen molar-refractivity contribution < 1.29 is 14.3 Å². The van der Waals surface area contributed by atoms with Crippen LogP contribution in [0.1, 0.15) is 15.9 Å². The van der Waals surface area contributed by atoms with Gasteiger partial charge < -0.3 is 14.4 Å². The van der Waals surface area contributed by atoms with Crippen LogP contribution in [0.15, 0.2) is 42.5 Å². The molecule has 0 unspecified atom stereocenters. The van der Waals surface area contributed by atoms with Crippen molar-refractivity contribution in [2.75, 3.05) is 46.9 Å². The molecule has 7 heteroatoms. The van der Waals surface area contributed by atoms with Crippen molar-refractivity contribution in [1.82, 2.24) is 9.80 Å². The Bertz CT molecular complexity index is 753. The fourth-order valence-corrected chi connectivity index (χ4v) is 3.46. The lowest BCUT2D eigenvalue weighted by atomic mass is 10.1. The van der Waals surface area contributed by atoms with Crippen LogP contribution in [0.2, 0.25) is 5.02 Å². The molecule has 2 aromatic rings. The van der Waals surface area contributed by atoms with E-state index in [0.29, 0.717) is 30.2 Å². The Labute approximate surface area is 177 Å². The molecule has 2 aromatic carbocycles. The first-order chi connectivity index (χ1) is 13.1. The van der Waals surface area contributed by atoms with Gasteiger partial charge in [0.05, 0.1) is 14.2 Å². The van der Waals surface area contributed by atoms with E-state index < -0.39 is 0 Å². The predicted octanol–water partition coefficient (Wildman–Crippen LogP) is 3.78. The molecule has 0 bridgehead atoms. The van der Waals surface area contributed by atoms with Crippen molar-refractivity contribution in [3.63, 3.8) is 0 Å². The van der Waals surface area contributed by atoms with Crippen molar-refractivity contribution >= 4 is 29.9 Å². The molecular weight excluding hydrogens is 399 g/mol. The van der Waals surface area contributed by atoms with E-state index in [2.05, 4.69) is 17.0 Å². The summed E-state index contributed by atoms with van der Waals surface area (Å²) < 4.78 is 10.7. The van der Waals surface area contributed by atoms with Gasteiger partial charge in [-0.25, -0.2) is 0 Å². The second-order valence-electron chi connectivity index (χ2n) is 6.55. The van der Waals surface area contributed by atoms with Gasteiger partial charge in [-0.15, -0.1) is 12.4 Å². The monoisotopic (exact) mass is 424 g/mol. The first kappa shape index (κ1) is 22.3. The van der Waals surface area contributed by atoms with Gasteiger partial charge in [0, 0.05) is 37.7 Å². The smallest absolute Gasteiger partial charge is 0.261 e. The third-order valence-electron chi connectivity index (χ3n) is 4.93. The Morgan fingerprint density at radius 3 is 2.07 bits per heavy atom. The van der Waals surface area contributed by atoms with Crippen LogP contribution in [-0.2, 0) is 6.42 Å². The van der Waals surface area contributed by atoms with Gasteiger partial charge in [0.2, 0.25) is 0 Å². The molecule has 1 aliphatic rings. The number of rotatable bonds is 6. The lowest BCUT2D eigenvalue weighted by Crippen LogP contribution is -2.49. The number of methoxy groups -OCH3 is 2. The Morgan fingerprint density at radius 2 is 1.54 bits per heavy atom. The highest BCUT2D eigenvalue weighted by molar-refractivity contribution is 6.30. The molecule has 0 radical (unpaired) electrons. The van der Waals surface area contributed by atoms with E-state index in [-0.39, 0.29) is 18.3 Å². The number of halogens is 2. The summed E-state index contributed by atoms with van der Waals surface area (Å²) >= 11 is 5.93. The molecule has 1 saturated heterocycles. The predicted molar refractivity (Wildman–Crippen MR) is 114 cm³/mol. The fraction of sp³-hybridized carbons (Fsp3) is 0.381. The molecule has 3 rings (SSSR count). The molecule has 5 nitrogen and oxygen atoms in total. The van der Waals surface area contributed by atoms with E-state index in [1.165, 1.54) is 5.56 Å². The minimum atomic E-state index is -0.0401. The van der Waals surface area contributed by atoms with E-state index in [0.717, 1.165) is 31.1 Å². The fourth-order valence-electron chi connectivity index (χ4n) is 3.33. The number of nitrogens with zero attached hydrogens (tertiary/aromatic N) is 2. The summed E-state index contributed by atoms with van der Waals surface area (Å²) in [6.45, 7) is 4.08. The van der Waals surface area contributed by atoms with Gasteiger partial charge in [0.25, 0.3) is 5.91 Å². The van der Waals surface area contributed by atoms with Crippen molar-refractivity contribution in [3.8, 4) is 11.5 Å². The Morgan fingerprint density at radius 1 is 0.964 bits per heavy atom. The summed E-state index contributed by atoms with van der Waals surface area (Å²) in [5.74, 6) is 1.05. The Balaban J connectivity index is 0.00000280. The lowest BCUT2D eigenvalue weighted by molar-refractivity contribution is 0.0632. The quantitative estimate of drug-likeness (QED) is 0.707. The average molecular weight is 425 g/mol. The molecule has 0 spiro atoms. The molecule has 1 fully saturated rings. The zero-order valence-electron chi connectivity index (χ0n) is 16.2. The van der Waals surface area contributed by atoms with E-state index in [1.54, 1.807) is 26.4 Å². The molecule has 0 N–H and O–H groups in total. The summed E-state index contributed by atoms with van der Waals surface area (Å²) in [5.41, 5.74) is 1.77. The van der Waals surface area contributed by atoms with Crippen molar-refractivity contribution in [2.24, 2.45) is 0 Å². The second kappa shape index (κ2) is 10.6. The summed E-state index contributed by atoms with van der Waals surface area (Å²) in [6, 6.07) is 13.4. The Hall–Kier alpha value is -1.95. The maximum absolute atomic E-state index is 13.0. The topological polar surface area (TPSA) is 42.0 Å². The highest BCUT2D eigenvalue weighted by Crippen LogP contribution is 2.29. The minimum Gasteiger partial charge on any atom is -0.496 e. The van der Waals surface area contributed by atoms with Gasteiger partial charge in [-0.1, -0.05) is 29.8 Å². The van der Waals surface area contributed by atoms with Crippen LogP contribution in [0.4, 0.5) is 0 Å². The van der Waals surface area contributed by atoms with Gasteiger partial charge >= 0.3 is 0 Å².